The van der Waals surface area contributed by atoms with Gasteiger partial charge >= 0.3 is 5.69 Å². The lowest BCUT2D eigenvalue weighted by atomic mass is 10.2. The first-order chi connectivity index (χ1) is 10.4. The highest BCUT2D eigenvalue weighted by atomic mass is 19.1. The van der Waals surface area contributed by atoms with Gasteiger partial charge in [-0.1, -0.05) is 18.2 Å². The number of rotatable bonds is 2. The molecule has 0 aliphatic rings. The van der Waals surface area contributed by atoms with Gasteiger partial charge in [0.1, 0.15) is 5.82 Å². The maximum absolute atomic E-state index is 13.8. The van der Waals surface area contributed by atoms with E-state index in [4.69, 9.17) is 5.73 Å². The number of aryl methyl sites for hydroxylation is 1. The number of hydrogen-bond acceptors (Lipinski definition) is 4. The Labute approximate surface area is 124 Å². The fraction of sp³-hybridized carbons (Fsp3) is 0.214. The van der Waals surface area contributed by atoms with Gasteiger partial charge in [-0.05, 0) is 6.07 Å². The van der Waals surface area contributed by atoms with Crippen LogP contribution in [0.5, 0.6) is 0 Å². The van der Waals surface area contributed by atoms with E-state index in [0.29, 0.717) is 5.56 Å². The Morgan fingerprint density at radius 3 is 2.55 bits per heavy atom. The predicted molar refractivity (Wildman–Crippen MR) is 80.1 cm³/mol. The van der Waals surface area contributed by atoms with Crippen molar-refractivity contribution in [3.63, 3.8) is 0 Å². The second-order valence-electron chi connectivity index (χ2n) is 5.03. The van der Waals surface area contributed by atoms with E-state index in [1.165, 1.54) is 29.3 Å². The quantitative estimate of drug-likeness (QED) is 0.732. The molecular weight excluding hydrogens is 289 g/mol. The van der Waals surface area contributed by atoms with Crippen LogP contribution in [0.3, 0.4) is 0 Å². The molecule has 8 heteroatoms. The SMILES string of the molecule is Cn1c(=O)c2c(nc(N)n2Cc2ccccc2F)n(C)c1=O. The third-order valence-electron chi connectivity index (χ3n) is 3.66. The van der Waals surface area contributed by atoms with E-state index in [1.54, 1.807) is 18.2 Å². The molecule has 0 saturated carbocycles. The number of nitrogen functional groups attached to an aromatic ring is 1. The zero-order valence-corrected chi connectivity index (χ0v) is 12.1. The zero-order chi connectivity index (χ0) is 16.0. The Morgan fingerprint density at radius 2 is 1.86 bits per heavy atom. The summed E-state index contributed by atoms with van der Waals surface area (Å²) in [5, 5.41) is 0. The van der Waals surface area contributed by atoms with Crippen molar-refractivity contribution in [1.82, 2.24) is 18.7 Å². The number of aromatic nitrogens is 4. The minimum atomic E-state index is -0.515. The van der Waals surface area contributed by atoms with Crippen molar-refractivity contribution in [2.75, 3.05) is 5.73 Å². The topological polar surface area (TPSA) is 87.8 Å². The van der Waals surface area contributed by atoms with Gasteiger partial charge in [0.25, 0.3) is 5.56 Å². The van der Waals surface area contributed by atoms with Crippen molar-refractivity contribution in [1.29, 1.82) is 0 Å². The average Bonchev–Trinajstić information content (AvgIpc) is 2.82. The van der Waals surface area contributed by atoms with E-state index in [1.807, 2.05) is 0 Å². The van der Waals surface area contributed by atoms with E-state index >= 15 is 0 Å². The lowest BCUT2D eigenvalue weighted by molar-refractivity contribution is 0.602. The normalized spacial score (nSPS) is 11.2. The summed E-state index contributed by atoms with van der Waals surface area (Å²) in [6, 6.07) is 6.21. The molecule has 0 amide bonds. The number of fused-ring (bicyclic) bond motifs is 1. The Bertz CT molecular complexity index is 999. The van der Waals surface area contributed by atoms with Crippen LogP contribution < -0.4 is 17.0 Å². The molecule has 114 valence electrons. The van der Waals surface area contributed by atoms with E-state index in [9.17, 15) is 14.0 Å². The molecular formula is C14H14FN5O2. The van der Waals surface area contributed by atoms with Crippen molar-refractivity contribution in [3.8, 4) is 0 Å². The molecule has 0 atom stereocenters. The highest BCUT2D eigenvalue weighted by Crippen LogP contribution is 2.16. The minimum Gasteiger partial charge on any atom is -0.369 e. The molecule has 22 heavy (non-hydrogen) atoms. The molecule has 3 aromatic rings. The predicted octanol–water partition coefficient (Wildman–Crippen LogP) is 0.203. The van der Waals surface area contributed by atoms with E-state index < -0.39 is 17.1 Å². The van der Waals surface area contributed by atoms with Crippen molar-refractivity contribution in [2.45, 2.75) is 6.54 Å². The maximum atomic E-state index is 13.8. The summed E-state index contributed by atoms with van der Waals surface area (Å²) in [4.78, 5) is 28.3. The summed E-state index contributed by atoms with van der Waals surface area (Å²) in [7, 11) is 2.88. The number of anilines is 1. The first-order valence-electron chi connectivity index (χ1n) is 6.57. The fourth-order valence-electron chi connectivity index (χ4n) is 2.42. The molecule has 0 saturated heterocycles. The largest absolute Gasteiger partial charge is 0.369 e. The molecule has 2 aromatic heterocycles. The molecule has 2 N–H and O–H groups in total. The third-order valence-corrected chi connectivity index (χ3v) is 3.66. The summed E-state index contributed by atoms with van der Waals surface area (Å²) >= 11 is 0. The molecule has 0 aliphatic carbocycles. The molecule has 2 heterocycles. The number of imidazole rings is 1. The van der Waals surface area contributed by atoms with Crippen LogP contribution in [-0.2, 0) is 20.6 Å². The molecule has 0 radical (unpaired) electrons. The molecule has 0 fully saturated rings. The highest BCUT2D eigenvalue weighted by Gasteiger charge is 2.18. The van der Waals surface area contributed by atoms with Crippen molar-refractivity contribution in [2.24, 2.45) is 14.1 Å². The summed E-state index contributed by atoms with van der Waals surface area (Å²) in [5.74, 6) is -0.345. The first kappa shape index (κ1) is 14.1. The minimum absolute atomic E-state index is 0.0524. The number of nitrogens with two attached hydrogens (primary N) is 1. The van der Waals surface area contributed by atoms with E-state index in [2.05, 4.69) is 4.98 Å². The smallest absolute Gasteiger partial charge is 0.332 e. The number of nitrogens with zero attached hydrogens (tertiary/aromatic N) is 4. The number of hydrogen-bond donors (Lipinski definition) is 1. The molecule has 0 unspecified atom stereocenters. The molecule has 1 aromatic carbocycles. The zero-order valence-electron chi connectivity index (χ0n) is 12.1. The third kappa shape index (κ3) is 1.92. The van der Waals surface area contributed by atoms with Crippen LogP contribution in [0.1, 0.15) is 5.56 Å². The maximum Gasteiger partial charge on any atom is 0.332 e. The lowest BCUT2D eigenvalue weighted by Gasteiger charge is -2.08. The van der Waals surface area contributed by atoms with Gasteiger partial charge in [-0.3, -0.25) is 18.5 Å². The van der Waals surface area contributed by atoms with E-state index in [0.717, 1.165) is 4.57 Å². The van der Waals surface area contributed by atoms with Crippen LogP contribution in [0.2, 0.25) is 0 Å². The summed E-state index contributed by atoms with van der Waals surface area (Å²) in [6.07, 6.45) is 0. The summed E-state index contributed by atoms with van der Waals surface area (Å²) < 4.78 is 17.5. The lowest BCUT2D eigenvalue weighted by Crippen LogP contribution is -2.37. The Morgan fingerprint density at radius 1 is 1.18 bits per heavy atom. The van der Waals surface area contributed by atoms with Gasteiger partial charge in [0.05, 0.1) is 6.54 Å². The molecule has 3 rings (SSSR count). The van der Waals surface area contributed by atoms with Gasteiger partial charge in [-0.25, -0.2) is 9.18 Å². The van der Waals surface area contributed by atoms with Crippen LogP contribution in [0, 0.1) is 5.82 Å². The average molecular weight is 303 g/mol. The molecule has 0 spiro atoms. The number of benzene rings is 1. The fourth-order valence-corrected chi connectivity index (χ4v) is 2.42. The van der Waals surface area contributed by atoms with E-state index in [-0.39, 0.29) is 23.7 Å². The first-order valence-corrected chi connectivity index (χ1v) is 6.57. The summed E-state index contributed by atoms with van der Waals surface area (Å²) in [5.41, 5.74) is 5.58. The molecule has 7 nitrogen and oxygen atoms in total. The highest BCUT2D eigenvalue weighted by molar-refractivity contribution is 5.73. The van der Waals surface area contributed by atoms with Gasteiger partial charge in [-0.2, -0.15) is 4.98 Å². The monoisotopic (exact) mass is 303 g/mol. The number of halogens is 1. The Balaban J connectivity index is 2.32. The molecule has 0 bridgehead atoms. The van der Waals surface area contributed by atoms with Crippen LogP contribution in [0.25, 0.3) is 11.2 Å². The standard InChI is InChI=1S/C14H14FN5O2/c1-18-11-10(12(21)19(2)14(18)22)20(13(16)17-11)7-8-5-3-4-6-9(8)15/h3-6H,7H2,1-2H3,(H2,16,17). The Hall–Kier alpha value is -2.90. The van der Waals surface area contributed by atoms with Gasteiger partial charge < -0.3 is 5.73 Å². The van der Waals surface area contributed by atoms with Crippen LogP contribution in [0.15, 0.2) is 33.9 Å². The van der Waals surface area contributed by atoms with Gasteiger partial charge in [-0.15, -0.1) is 0 Å². The molecule has 0 aliphatic heterocycles. The summed E-state index contributed by atoms with van der Waals surface area (Å²) in [6.45, 7) is 0.0580. The Kier molecular flexibility index (Phi) is 3.09. The van der Waals surface area contributed by atoms with Gasteiger partial charge in [0.2, 0.25) is 5.95 Å². The van der Waals surface area contributed by atoms with Crippen LogP contribution >= 0.6 is 0 Å². The van der Waals surface area contributed by atoms with Crippen molar-refractivity contribution < 1.29 is 4.39 Å². The van der Waals surface area contributed by atoms with Crippen LogP contribution in [0.4, 0.5) is 10.3 Å². The van der Waals surface area contributed by atoms with Gasteiger partial charge in [0.15, 0.2) is 11.2 Å². The second-order valence-corrected chi connectivity index (χ2v) is 5.03. The van der Waals surface area contributed by atoms with Gasteiger partial charge in [0, 0.05) is 19.7 Å². The van der Waals surface area contributed by atoms with Crippen molar-refractivity contribution in [3.05, 3.63) is 56.5 Å². The van der Waals surface area contributed by atoms with Crippen molar-refractivity contribution >= 4 is 17.1 Å². The second kappa shape index (κ2) is 4.83. The van der Waals surface area contributed by atoms with Crippen LogP contribution in [-0.4, -0.2) is 18.7 Å².